The number of benzene rings is 3. The molecule has 0 saturated heterocycles. The Labute approximate surface area is 221 Å². The van der Waals surface area contributed by atoms with E-state index >= 15 is 0 Å². The maximum Gasteiger partial charge on any atom is 0.325 e. The Hall–Kier alpha value is -4.53. The number of oxazole rings is 1. The lowest BCUT2D eigenvalue weighted by molar-refractivity contribution is -0.143. The smallest absolute Gasteiger partial charge is 0.325 e. The fraction of sp³-hybridized carbons (Fsp3) is 0.276. The summed E-state index contributed by atoms with van der Waals surface area (Å²) in [5.74, 6) is 0.497. The molecule has 0 aliphatic carbocycles. The zero-order valence-electron chi connectivity index (χ0n) is 21.8. The predicted molar refractivity (Wildman–Crippen MR) is 144 cm³/mol. The van der Waals surface area contributed by atoms with Crippen LogP contribution in [-0.2, 0) is 16.1 Å². The van der Waals surface area contributed by atoms with Crippen LogP contribution in [0.15, 0.2) is 77.2 Å². The van der Waals surface area contributed by atoms with E-state index in [0.717, 1.165) is 16.7 Å². The van der Waals surface area contributed by atoms with Gasteiger partial charge in [-0.1, -0.05) is 30.3 Å². The van der Waals surface area contributed by atoms with E-state index in [-0.39, 0.29) is 25.6 Å². The predicted octanol–water partition coefficient (Wildman–Crippen LogP) is 4.56. The van der Waals surface area contributed by atoms with Gasteiger partial charge in [0.25, 0.3) is 11.9 Å². The number of amides is 1. The fourth-order valence-electron chi connectivity index (χ4n) is 3.83. The molecule has 9 nitrogen and oxygen atoms in total. The van der Waals surface area contributed by atoms with Gasteiger partial charge in [0.1, 0.15) is 30.2 Å². The highest BCUT2D eigenvalue weighted by molar-refractivity contribution is 5.96. The summed E-state index contributed by atoms with van der Waals surface area (Å²) < 4.78 is 22.0. The number of para-hydroxylation sites is 2. The van der Waals surface area contributed by atoms with Crippen LogP contribution in [0, 0.1) is 0 Å². The maximum atomic E-state index is 13.2. The van der Waals surface area contributed by atoms with E-state index in [9.17, 15) is 9.59 Å². The second-order valence-electron chi connectivity index (χ2n) is 8.58. The number of anilines is 1. The number of methoxy groups -OCH3 is 1. The summed E-state index contributed by atoms with van der Waals surface area (Å²) in [6, 6.07) is 22.4. The fourth-order valence-corrected chi connectivity index (χ4v) is 3.83. The highest BCUT2D eigenvalue weighted by Crippen LogP contribution is 2.21. The molecule has 4 rings (SSSR count). The van der Waals surface area contributed by atoms with E-state index in [1.54, 1.807) is 31.2 Å². The van der Waals surface area contributed by atoms with E-state index in [1.165, 1.54) is 12.0 Å². The molecule has 1 heterocycles. The molecule has 198 valence electrons. The third-order valence-corrected chi connectivity index (χ3v) is 5.83. The number of hydrogen-bond donors (Lipinski definition) is 0. The van der Waals surface area contributed by atoms with E-state index in [0.29, 0.717) is 36.2 Å². The molecule has 1 amide bonds. The van der Waals surface area contributed by atoms with Gasteiger partial charge in [-0.05, 0) is 55.0 Å². The van der Waals surface area contributed by atoms with Crippen molar-refractivity contribution in [1.29, 1.82) is 0 Å². The van der Waals surface area contributed by atoms with E-state index in [1.807, 2.05) is 60.5 Å². The van der Waals surface area contributed by atoms with Crippen molar-refractivity contribution in [2.45, 2.75) is 13.5 Å². The number of ether oxygens (including phenoxy) is 3. The zero-order valence-corrected chi connectivity index (χ0v) is 21.8. The number of nitrogens with zero attached hydrogens (tertiary/aromatic N) is 3. The number of likely N-dealkylation sites (N-methyl/N-ethyl adjacent to an activating group) is 1. The first-order valence-electron chi connectivity index (χ1n) is 12.3. The van der Waals surface area contributed by atoms with Crippen LogP contribution in [0.5, 0.6) is 11.5 Å². The zero-order chi connectivity index (χ0) is 26.9. The molecule has 0 aliphatic heterocycles. The van der Waals surface area contributed by atoms with Gasteiger partial charge >= 0.3 is 5.97 Å². The first kappa shape index (κ1) is 26.5. The molecule has 0 fully saturated rings. The van der Waals surface area contributed by atoms with Gasteiger partial charge in [-0.3, -0.25) is 9.59 Å². The molecule has 0 unspecified atom stereocenters. The third-order valence-electron chi connectivity index (χ3n) is 5.83. The Bertz CT molecular complexity index is 1340. The summed E-state index contributed by atoms with van der Waals surface area (Å²) in [5, 5.41) is 0. The number of hydrogen-bond acceptors (Lipinski definition) is 8. The van der Waals surface area contributed by atoms with Gasteiger partial charge in [0.2, 0.25) is 0 Å². The number of rotatable bonds is 12. The third kappa shape index (κ3) is 6.82. The lowest BCUT2D eigenvalue weighted by Gasteiger charge is -2.22. The molecular weight excluding hydrogens is 486 g/mol. The van der Waals surface area contributed by atoms with Crippen LogP contribution in [0.25, 0.3) is 11.1 Å². The van der Waals surface area contributed by atoms with Crippen LogP contribution in [0.4, 0.5) is 6.01 Å². The highest BCUT2D eigenvalue weighted by Gasteiger charge is 2.20. The maximum absolute atomic E-state index is 13.2. The van der Waals surface area contributed by atoms with Gasteiger partial charge in [-0.15, -0.1) is 0 Å². The van der Waals surface area contributed by atoms with Gasteiger partial charge in [0.15, 0.2) is 5.58 Å². The molecular formula is C29H31N3O6. The average Bonchev–Trinajstić information content (AvgIpc) is 3.38. The van der Waals surface area contributed by atoms with Crippen molar-refractivity contribution in [2.75, 3.05) is 45.4 Å². The largest absolute Gasteiger partial charge is 0.497 e. The van der Waals surface area contributed by atoms with Crippen molar-refractivity contribution >= 4 is 29.0 Å². The molecule has 0 atom stereocenters. The Morgan fingerprint density at radius 2 is 1.76 bits per heavy atom. The standard InChI is InChI=1S/C29H31N3O6/c1-4-36-27(33)20-32(28(34)22-8-7-9-24(18-22)35-3)19-21-12-14-23(15-13-21)37-17-16-31(2)29-30-25-10-5-6-11-26(25)38-29/h5-15,18H,4,16-17,19-20H2,1-3H3. The molecule has 0 N–H and O–H groups in total. The lowest BCUT2D eigenvalue weighted by Crippen LogP contribution is -2.36. The van der Waals surface area contributed by atoms with E-state index < -0.39 is 5.97 Å². The van der Waals surface area contributed by atoms with Gasteiger partial charge in [-0.2, -0.15) is 4.98 Å². The highest BCUT2D eigenvalue weighted by atomic mass is 16.5. The number of carbonyl (C=O) groups is 2. The Balaban J connectivity index is 1.36. The Kier molecular flexibility index (Phi) is 8.81. The van der Waals surface area contributed by atoms with Crippen LogP contribution in [0.2, 0.25) is 0 Å². The van der Waals surface area contributed by atoms with Crippen molar-refractivity contribution in [3.05, 3.63) is 83.9 Å². The number of fused-ring (bicyclic) bond motifs is 1. The molecule has 0 spiro atoms. The average molecular weight is 518 g/mol. The van der Waals surface area contributed by atoms with Gasteiger partial charge in [0, 0.05) is 19.2 Å². The molecule has 0 saturated carbocycles. The normalized spacial score (nSPS) is 10.7. The van der Waals surface area contributed by atoms with E-state index in [2.05, 4.69) is 4.98 Å². The Morgan fingerprint density at radius 3 is 2.50 bits per heavy atom. The van der Waals surface area contributed by atoms with E-state index in [4.69, 9.17) is 18.6 Å². The van der Waals surface area contributed by atoms with Crippen LogP contribution in [0.3, 0.4) is 0 Å². The van der Waals surface area contributed by atoms with Crippen LogP contribution >= 0.6 is 0 Å². The minimum absolute atomic E-state index is 0.162. The first-order chi connectivity index (χ1) is 18.5. The van der Waals surface area contributed by atoms with Crippen molar-refractivity contribution < 1.29 is 28.2 Å². The summed E-state index contributed by atoms with van der Waals surface area (Å²) in [4.78, 5) is 33.3. The van der Waals surface area contributed by atoms with Gasteiger partial charge < -0.3 is 28.4 Å². The summed E-state index contributed by atoms with van der Waals surface area (Å²) in [6.45, 7) is 3.05. The molecule has 0 bridgehead atoms. The molecule has 1 aromatic heterocycles. The second-order valence-corrected chi connectivity index (χ2v) is 8.58. The number of carbonyl (C=O) groups excluding carboxylic acids is 2. The topological polar surface area (TPSA) is 94.3 Å². The summed E-state index contributed by atoms with van der Waals surface area (Å²) >= 11 is 0. The quantitative estimate of drug-likeness (QED) is 0.253. The molecule has 4 aromatic rings. The lowest BCUT2D eigenvalue weighted by atomic mass is 10.1. The summed E-state index contributed by atoms with van der Waals surface area (Å²) in [6.07, 6.45) is 0. The SMILES string of the molecule is CCOC(=O)CN(Cc1ccc(OCCN(C)c2nc3ccccc3o2)cc1)C(=O)c1cccc(OC)c1. The van der Waals surface area contributed by atoms with Crippen LogP contribution < -0.4 is 14.4 Å². The summed E-state index contributed by atoms with van der Waals surface area (Å²) in [7, 11) is 3.44. The van der Waals surface area contributed by atoms with Crippen molar-refractivity contribution in [1.82, 2.24) is 9.88 Å². The van der Waals surface area contributed by atoms with Gasteiger partial charge in [-0.25, -0.2) is 0 Å². The monoisotopic (exact) mass is 517 g/mol. The van der Waals surface area contributed by atoms with Crippen molar-refractivity contribution in [3.63, 3.8) is 0 Å². The Morgan fingerprint density at radius 1 is 0.974 bits per heavy atom. The van der Waals surface area contributed by atoms with Crippen molar-refractivity contribution in [2.24, 2.45) is 0 Å². The molecule has 3 aromatic carbocycles. The van der Waals surface area contributed by atoms with Crippen molar-refractivity contribution in [3.8, 4) is 11.5 Å². The molecule has 0 aliphatic rings. The van der Waals surface area contributed by atoms with Crippen LogP contribution in [0.1, 0.15) is 22.8 Å². The number of aromatic nitrogens is 1. The molecule has 0 radical (unpaired) electrons. The minimum Gasteiger partial charge on any atom is -0.497 e. The molecule has 9 heteroatoms. The number of esters is 1. The summed E-state index contributed by atoms with van der Waals surface area (Å²) in [5.41, 5.74) is 2.83. The van der Waals surface area contributed by atoms with Gasteiger partial charge in [0.05, 0.1) is 20.3 Å². The molecule has 38 heavy (non-hydrogen) atoms. The minimum atomic E-state index is -0.466. The second kappa shape index (κ2) is 12.6. The van der Waals surface area contributed by atoms with Crippen LogP contribution in [-0.4, -0.2) is 62.2 Å². The first-order valence-corrected chi connectivity index (χ1v) is 12.3.